The van der Waals surface area contributed by atoms with Gasteiger partial charge in [0.05, 0.1) is 11.6 Å². The molecule has 1 saturated carbocycles. The van der Waals surface area contributed by atoms with Crippen molar-refractivity contribution in [1.82, 2.24) is 4.57 Å². The third-order valence-electron chi connectivity index (χ3n) is 4.86. The summed E-state index contributed by atoms with van der Waals surface area (Å²) < 4.78 is 1.78. The number of hydrogen-bond donors (Lipinski definition) is 1. The van der Waals surface area contributed by atoms with Crippen molar-refractivity contribution in [3.63, 3.8) is 0 Å². The third-order valence-corrected chi connectivity index (χ3v) is 5.11. The Kier molecular flexibility index (Phi) is 3.49. The fourth-order valence-corrected chi connectivity index (χ4v) is 3.86. The zero-order valence-corrected chi connectivity index (χ0v) is 13.3. The summed E-state index contributed by atoms with van der Waals surface area (Å²) in [5, 5.41) is 4.02. The van der Waals surface area contributed by atoms with Crippen LogP contribution in [0.5, 0.6) is 0 Å². The third kappa shape index (κ3) is 2.38. The maximum absolute atomic E-state index is 12.8. The highest BCUT2D eigenvalue weighted by Gasteiger charge is 2.36. The van der Waals surface area contributed by atoms with Crippen molar-refractivity contribution in [1.29, 1.82) is 0 Å². The number of anilines is 1. The minimum atomic E-state index is -0.0865. The smallest absolute Gasteiger partial charge is 0.252 e. The first-order valence-electron chi connectivity index (χ1n) is 7.97. The van der Waals surface area contributed by atoms with Gasteiger partial charge in [0.1, 0.15) is 5.82 Å². The molecule has 2 aliphatic rings. The Morgan fingerprint density at radius 3 is 2.61 bits per heavy atom. The van der Waals surface area contributed by atoms with E-state index in [1.165, 1.54) is 6.07 Å². The summed E-state index contributed by atoms with van der Waals surface area (Å²) in [5.74, 6) is 0.589. The SMILES string of the molecule is O=C(c1ccc(Cl)cc1)c1ccc(=O)n2c1N[C@@H]1CCCC[C@@H]12. The Labute approximate surface area is 139 Å². The number of rotatable bonds is 2. The number of hydrogen-bond acceptors (Lipinski definition) is 3. The van der Waals surface area contributed by atoms with Crippen LogP contribution in [0.2, 0.25) is 5.02 Å². The van der Waals surface area contributed by atoms with Crippen molar-refractivity contribution in [2.24, 2.45) is 0 Å². The monoisotopic (exact) mass is 328 g/mol. The molecule has 1 aromatic heterocycles. The van der Waals surface area contributed by atoms with Crippen LogP contribution < -0.4 is 10.9 Å². The average Bonchev–Trinajstić information content (AvgIpc) is 2.95. The summed E-state index contributed by atoms with van der Waals surface area (Å²) in [6.07, 6.45) is 4.32. The zero-order valence-electron chi connectivity index (χ0n) is 12.6. The summed E-state index contributed by atoms with van der Waals surface area (Å²) in [5.41, 5.74) is 1.10. The predicted molar refractivity (Wildman–Crippen MR) is 90.5 cm³/mol. The van der Waals surface area contributed by atoms with Crippen LogP contribution in [0.4, 0.5) is 5.82 Å². The van der Waals surface area contributed by atoms with Crippen LogP contribution >= 0.6 is 11.6 Å². The highest BCUT2D eigenvalue weighted by atomic mass is 35.5. The number of pyridine rings is 1. The lowest BCUT2D eigenvalue weighted by Crippen LogP contribution is -2.29. The summed E-state index contributed by atoms with van der Waals surface area (Å²) in [7, 11) is 0. The maximum Gasteiger partial charge on any atom is 0.252 e. The van der Waals surface area contributed by atoms with Gasteiger partial charge in [0.2, 0.25) is 0 Å². The summed E-state index contributed by atoms with van der Waals surface area (Å²) in [4.78, 5) is 25.2. The van der Waals surface area contributed by atoms with Crippen molar-refractivity contribution >= 4 is 23.2 Å². The van der Waals surface area contributed by atoms with E-state index in [-0.39, 0.29) is 23.4 Å². The maximum atomic E-state index is 12.8. The highest BCUT2D eigenvalue weighted by molar-refractivity contribution is 6.30. The number of fused-ring (bicyclic) bond motifs is 3. The first-order chi connectivity index (χ1) is 11.1. The molecule has 2 aromatic rings. The Balaban J connectivity index is 1.80. The Morgan fingerprint density at radius 2 is 1.83 bits per heavy atom. The molecule has 0 unspecified atom stereocenters. The van der Waals surface area contributed by atoms with E-state index in [1.807, 2.05) is 0 Å². The summed E-state index contributed by atoms with van der Waals surface area (Å²) in [6, 6.07) is 10.4. The zero-order chi connectivity index (χ0) is 16.0. The van der Waals surface area contributed by atoms with Gasteiger partial charge >= 0.3 is 0 Å². The van der Waals surface area contributed by atoms with Gasteiger partial charge in [0.25, 0.3) is 5.56 Å². The number of benzene rings is 1. The average molecular weight is 329 g/mol. The summed E-state index contributed by atoms with van der Waals surface area (Å²) >= 11 is 5.89. The normalized spacial score (nSPS) is 22.1. The van der Waals surface area contributed by atoms with Gasteiger partial charge in [-0.1, -0.05) is 24.4 Å². The number of ketones is 1. The van der Waals surface area contributed by atoms with E-state index in [1.54, 1.807) is 34.9 Å². The predicted octanol–water partition coefficient (Wildman–Crippen LogP) is 3.64. The molecule has 1 aliphatic heterocycles. The second-order valence-corrected chi connectivity index (χ2v) is 6.68. The molecule has 1 aliphatic carbocycles. The lowest BCUT2D eigenvalue weighted by Gasteiger charge is -2.25. The van der Waals surface area contributed by atoms with Crippen molar-refractivity contribution < 1.29 is 4.79 Å². The minimum absolute atomic E-state index is 0.0328. The van der Waals surface area contributed by atoms with Gasteiger partial charge in [0.15, 0.2) is 5.78 Å². The van der Waals surface area contributed by atoms with E-state index in [0.29, 0.717) is 22.0 Å². The van der Waals surface area contributed by atoms with E-state index in [2.05, 4.69) is 5.32 Å². The van der Waals surface area contributed by atoms with Crippen molar-refractivity contribution in [3.05, 3.63) is 62.9 Å². The topological polar surface area (TPSA) is 51.1 Å². The van der Waals surface area contributed by atoms with E-state index >= 15 is 0 Å². The van der Waals surface area contributed by atoms with E-state index in [9.17, 15) is 9.59 Å². The Morgan fingerprint density at radius 1 is 1.09 bits per heavy atom. The van der Waals surface area contributed by atoms with Crippen molar-refractivity contribution in [2.45, 2.75) is 37.8 Å². The Bertz CT molecular complexity index is 826. The molecule has 1 fully saturated rings. The minimum Gasteiger partial charge on any atom is -0.366 e. The second-order valence-electron chi connectivity index (χ2n) is 6.24. The van der Waals surface area contributed by atoms with Crippen LogP contribution in [0.1, 0.15) is 47.6 Å². The molecule has 2 atom stereocenters. The molecule has 118 valence electrons. The van der Waals surface area contributed by atoms with Crippen molar-refractivity contribution in [3.8, 4) is 0 Å². The van der Waals surface area contributed by atoms with Gasteiger partial charge in [-0.2, -0.15) is 0 Å². The number of halogens is 1. The molecule has 0 amide bonds. The molecule has 4 nitrogen and oxygen atoms in total. The van der Waals surface area contributed by atoms with Gasteiger partial charge < -0.3 is 5.32 Å². The molecule has 1 N–H and O–H groups in total. The van der Waals surface area contributed by atoms with Crippen LogP contribution in [-0.2, 0) is 0 Å². The fraction of sp³-hybridized carbons (Fsp3) is 0.333. The molecule has 5 heteroatoms. The standard InChI is InChI=1S/C18H17ClN2O2/c19-12-7-5-11(6-8-12)17(23)13-9-10-16(22)21-15-4-2-1-3-14(15)20-18(13)21/h5-10,14-15,20H,1-4H2/t14-,15+/m1/s1. The van der Waals surface area contributed by atoms with E-state index in [0.717, 1.165) is 25.7 Å². The lowest BCUT2D eigenvalue weighted by atomic mass is 9.91. The lowest BCUT2D eigenvalue weighted by molar-refractivity contribution is 0.103. The van der Waals surface area contributed by atoms with Gasteiger partial charge in [-0.3, -0.25) is 14.2 Å². The molecular formula is C18H17ClN2O2. The van der Waals surface area contributed by atoms with Crippen LogP contribution in [-0.4, -0.2) is 16.4 Å². The number of nitrogens with zero attached hydrogens (tertiary/aromatic N) is 1. The van der Waals surface area contributed by atoms with Crippen molar-refractivity contribution in [2.75, 3.05) is 5.32 Å². The fourth-order valence-electron chi connectivity index (χ4n) is 3.73. The number of carbonyl (C=O) groups is 1. The quantitative estimate of drug-likeness (QED) is 0.856. The number of carbonyl (C=O) groups excluding carboxylic acids is 1. The van der Waals surface area contributed by atoms with E-state index < -0.39 is 0 Å². The first kappa shape index (κ1) is 14.5. The van der Waals surface area contributed by atoms with Crippen LogP contribution in [0.25, 0.3) is 0 Å². The molecule has 4 rings (SSSR count). The molecule has 0 radical (unpaired) electrons. The van der Waals surface area contributed by atoms with Gasteiger partial charge in [-0.15, -0.1) is 0 Å². The first-order valence-corrected chi connectivity index (χ1v) is 8.35. The van der Waals surface area contributed by atoms with Gasteiger partial charge in [-0.05, 0) is 43.2 Å². The highest BCUT2D eigenvalue weighted by Crippen LogP contribution is 2.38. The van der Waals surface area contributed by atoms with Crippen LogP contribution in [0, 0.1) is 0 Å². The number of aromatic nitrogens is 1. The summed E-state index contributed by atoms with van der Waals surface area (Å²) in [6.45, 7) is 0. The molecule has 0 bridgehead atoms. The largest absolute Gasteiger partial charge is 0.366 e. The second kappa shape index (κ2) is 5.53. The molecule has 0 spiro atoms. The molecule has 23 heavy (non-hydrogen) atoms. The molecule has 1 aromatic carbocycles. The molecular weight excluding hydrogens is 312 g/mol. The van der Waals surface area contributed by atoms with Gasteiger partial charge in [0, 0.05) is 22.7 Å². The van der Waals surface area contributed by atoms with Gasteiger partial charge in [-0.25, -0.2) is 0 Å². The van der Waals surface area contributed by atoms with E-state index in [4.69, 9.17) is 11.6 Å². The van der Waals surface area contributed by atoms with Crippen LogP contribution in [0.3, 0.4) is 0 Å². The van der Waals surface area contributed by atoms with Crippen LogP contribution in [0.15, 0.2) is 41.2 Å². The Hall–Kier alpha value is -2.07. The number of nitrogens with one attached hydrogen (secondary N) is 1. The molecule has 2 heterocycles. The molecule has 0 saturated heterocycles.